The summed E-state index contributed by atoms with van der Waals surface area (Å²) >= 11 is 0. The highest BCUT2D eigenvalue weighted by Gasteiger charge is 2.43. The second-order valence-corrected chi connectivity index (χ2v) is 17.0. The number of nitrogens with zero attached hydrogens (tertiary/aromatic N) is 6. The lowest BCUT2D eigenvalue weighted by atomic mass is 10.2. The van der Waals surface area contributed by atoms with Crippen molar-refractivity contribution in [1.82, 2.24) is 14.5 Å². The van der Waals surface area contributed by atoms with Crippen LogP contribution in [-0.4, -0.2) is 83.5 Å². The van der Waals surface area contributed by atoms with E-state index in [0.717, 1.165) is 0 Å². The molecule has 21 nitrogen and oxygen atoms in total. The van der Waals surface area contributed by atoms with Crippen molar-refractivity contribution in [3.63, 3.8) is 0 Å². The maximum absolute atomic E-state index is 12.3. The number of phosphoric ester groups is 1. The Morgan fingerprint density at radius 2 is 1.98 bits per heavy atom. The van der Waals surface area contributed by atoms with Gasteiger partial charge in [-0.05, 0) is 19.4 Å². The molecule has 2 aromatic heterocycles. The van der Waals surface area contributed by atoms with Crippen molar-refractivity contribution in [2.24, 2.45) is 10.8 Å². The van der Waals surface area contributed by atoms with Gasteiger partial charge in [0.15, 0.2) is 0 Å². The summed E-state index contributed by atoms with van der Waals surface area (Å²) in [5.41, 5.74) is 21.2. The van der Waals surface area contributed by atoms with E-state index in [1.54, 1.807) is 21.6 Å². The first-order chi connectivity index (χ1) is 21.5. The fraction of sp³-hybridized carbons (Fsp3) is 0.600. The molecule has 0 aromatic carbocycles. The number of hydrogen-bond acceptors (Lipinski definition) is 16. The van der Waals surface area contributed by atoms with Crippen LogP contribution in [-0.2, 0) is 41.1 Å². The normalized spacial score (nSPS) is 21.2. The number of azide groups is 1. The number of nitrogens with two attached hydrogens (primary N) is 2. The average Bonchev–Trinajstić information content (AvgIpc) is 3.51. The number of hydrogen-bond donors (Lipinski definition) is 6. The lowest BCUT2D eigenvalue weighted by molar-refractivity contribution is -0.0581. The van der Waals surface area contributed by atoms with E-state index in [0.29, 0.717) is 29.1 Å². The summed E-state index contributed by atoms with van der Waals surface area (Å²) < 4.78 is 65.5. The number of anilines is 1. The third kappa shape index (κ3) is 12.0. The summed E-state index contributed by atoms with van der Waals surface area (Å²) in [5.74, 6) is 6.39. The highest BCUT2D eigenvalue weighted by molar-refractivity contribution is 8.77. The Morgan fingerprint density at radius 1 is 1.24 bits per heavy atom. The Labute approximate surface area is 269 Å². The monoisotopic (exact) mass is 748 g/mol. The second-order valence-electron chi connectivity index (χ2n) is 9.66. The van der Waals surface area contributed by atoms with Crippen LogP contribution >= 0.6 is 45.1 Å². The smallest absolute Gasteiger partial charge is 0.383 e. The van der Waals surface area contributed by atoms with Gasteiger partial charge in [-0.3, -0.25) is 4.52 Å². The van der Waals surface area contributed by atoms with Crippen LogP contribution in [0.1, 0.15) is 32.1 Å². The van der Waals surface area contributed by atoms with Gasteiger partial charge in [0.25, 0.3) is 0 Å². The molecule has 0 saturated carbocycles. The summed E-state index contributed by atoms with van der Waals surface area (Å²) in [6.45, 7) is 3.40. The fourth-order valence-electron chi connectivity index (χ4n) is 3.72. The van der Waals surface area contributed by atoms with E-state index in [9.17, 15) is 23.5 Å². The van der Waals surface area contributed by atoms with Crippen molar-refractivity contribution in [1.29, 1.82) is 0 Å². The SMILES string of the molecule is CC(C)(CN)SSCOCC#Cc1cn([C@H]2C[C@@H](OCN=[N+]=[N-])[C@@H](COP(=O)(O)OP(=O)(O)OP(=O)(O)O)O2)c2ncnc(N)c12. The van der Waals surface area contributed by atoms with Crippen LogP contribution in [0.4, 0.5) is 5.82 Å². The number of fused-ring (bicyclic) bond motifs is 1. The minimum atomic E-state index is -5.74. The van der Waals surface area contributed by atoms with Crippen LogP contribution in [0.15, 0.2) is 17.6 Å². The molecule has 1 fully saturated rings. The summed E-state index contributed by atoms with van der Waals surface area (Å²) in [6, 6.07) is 0. The van der Waals surface area contributed by atoms with Crippen molar-refractivity contribution >= 4 is 61.9 Å². The molecule has 256 valence electrons. The Hall–Kier alpha value is -1.76. The number of nitrogen functional groups attached to an aromatic ring is 1. The van der Waals surface area contributed by atoms with E-state index in [-0.39, 0.29) is 23.6 Å². The van der Waals surface area contributed by atoms with Gasteiger partial charge in [0.05, 0.1) is 23.7 Å². The van der Waals surface area contributed by atoms with Gasteiger partial charge >= 0.3 is 23.5 Å². The van der Waals surface area contributed by atoms with Gasteiger partial charge in [0, 0.05) is 28.8 Å². The lowest BCUT2D eigenvalue weighted by Gasteiger charge is -2.21. The van der Waals surface area contributed by atoms with E-state index in [4.69, 9.17) is 45.5 Å². The minimum Gasteiger partial charge on any atom is -0.383 e. The topological polar surface area (TPSA) is 319 Å². The van der Waals surface area contributed by atoms with Crippen molar-refractivity contribution in [2.45, 2.75) is 43.5 Å². The van der Waals surface area contributed by atoms with Gasteiger partial charge in [0.1, 0.15) is 49.4 Å². The molecule has 0 spiro atoms. The molecule has 1 saturated heterocycles. The molecule has 1 aliphatic heterocycles. The number of ether oxygens (including phenoxy) is 3. The highest BCUT2D eigenvalue weighted by Crippen LogP contribution is 2.66. The summed E-state index contributed by atoms with van der Waals surface area (Å²) in [4.78, 5) is 47.6. The average molecular weight is 749 g/mol. The van der Waals surface area contributed by atoms with Gasteiger partial charge in [-0.15, -0.1) is 0 Å². The van der Waals surface area contributed by atoms with E-state index in [1.165, 1.54) is 17.1 Å². The third-order valence-corrected chi connectivity index (χ3v) is 12.5. The van der Waals surface area contributed by atoms with Gasteiger partial charge in [-0.25, -0.2) is 23.7 Å². The molecule has 46 heavy (non-hydrogen) atoms. The zero-order valence-corrected chi connectivity index (χ0v) is 28.4. The molecule has 0 amide bonds. The van der Waals surface area contributed by atoms with Crippen LogP contribution in [0.5, 0.6) is 0 Å². The van der Waals surface area contributed by atoms with Crippen molar-refractivity contribution < 1.29 is 60.6 Å². The van der Waals surface area contributed by atoms with Gasteiger partial charge < -0.3 is 49.8 Å². The fourth-order valence-corrected chi connectivity index (χ4v) is 8.85. The van der Waals surface area contributed by atoms with Crippen LogP contribution < -0.4 is 11.5 Å². The molecular formula is C20H31N8O13P3S2. The van der Waals surface area contributed by atoms with Crippen LogP contribution in [0.2, 0.25) is 0 Å². The zero-order valence-electron chi connectivity index (χ0n) is 24.1. The molecule has 5 atom stereocenters. The minimum absolute atomic E-state index is 0.0447. The molecule has 26 heteroatoms. The van der Waals surface area contributed by atoms with E-state index >= 15 is 0 Å². The summed E-state index contributed by atoms with van der Waals surface area (Å²) in [7, 11) is -13.7. The number of phosphoric acid groups is 3. The summed E-state index contributed by atoms with van der Waals surface area (Å²) in [6.07, 6.45) is -0.137. The molecule has 1 aliphatic rings. The molecule has 2 aromatic rings. The van der Waals surface area contributed by atoms with Gasteiger partial charge in [-0.2, -0.15) is 8.62 Å². The molecule has 0 bridgehead atoms. The maximum atomic E-state index is 12.3. The first-order valence-corrected chi connectivity index (χ1v) is 19.5. The number of aromatic nitrogens is 3. The van der Waals surface area contributed by atoms with E-state index in [2.05, 4.69) is 40.5 Å². The standard InChI is InChI=1S/C20H31N8O13P3S2/c1-20(2,9-21)46-45-12-36-5-3-4-13-7-28(19-17(13)18(22)24-10-25-19)16-6-14(37-11-26-27-23)15(39-16)8-38-43(32,33)41-44(34,35)40-42(29,30)31/h7,10,14-16H,5-6,8-9,11-12,21H2,1-2H3,(H,32,33)(H,34,35)(H2,22,24,25)(H2,29,30,31)/t14-,15-,16-/m1/s1. The molecule has 0 radical (unpaired) electrons. The Morgan fingerprint density at radius 3 is 2.65 bits per heavy atom. The van der Waals surface area contributed by atoms with Crippen LogP contribution in [0.25, 0.3) is 21.5 Å². The molecule has 3 rings (SSSR count). The van der Waals surface area contributed by atoms with Crippen molar-refractivity contribution in [2.75, 3.05) is 38.2 Å². The second kappa shape index (κ2) is 16.6. The summed E-state index contributed by atoms with van der Waals surface area (Å²) in [5, 5.41) is 3.70. The quantitative estimate of drug-likeness (QED) is 0.0198. The lowest BCUT2D eigenvalue weighted by Crippen LogP contribution is -2.29. The third-order valence-electron chi connectivity index (χ3n) is 5.66. The predicted molar refractivity (Wildman–Crippen MR) is 165 cm³/mol. The van der Waals surface area contributed by atoms with Crippen LogP contribution in [0, 0.1) is 11.8 Å². The van der Waals surface area contributed by atoms with Crippen molar-refractivity contribution in [3.8, 4) is 11.8 Å². The molecule has 2 unspecified atom stereocenters. The predicted octanol–water partition coefficient (Wildman–Crippen LogP) is 2.74. The highest BCUT2D eigenvalue weighted by atomic mass is 33.1. The Kier molecular flexibility index (Phi) is 13.9. The largest absolute Gasteiger partial charge is 0.490 e. The van der Waals surface area contributed by atoms with E-state index < -0.39 is 55.2 Å². The Balaban J connectivity index is 1.76. The Bertz CT molecular complexity index is 1630. The number of rotatable bonds is 17. The van der Waals surface area contributed by atoms with Crippen LogP contribution in [0.3, 0.4) is 0 Å². The maximum Gasteiger partial charge on any atom is 0.490 e. The van der Waals surface area contributed by atoms with Crippen molar-refractivity contribution in [3.05, 3.63) is 28.5 Å². The molecule has 0 aliphatic carbocycles. The van der Waals surface area contributed by atoms with Gasteiger partial charge in [-0.1, -0.05) is 38.5 Å². The van der Waals surface area contributed by atoms with E-state index in [1.807, 2.05) is 13.8 Å². The molecule has 8 N–H and O–H groups in total. The zero-order chi connectivity index (χ0) is 34.2. The first-order valence-electron chi connectivity index (χ1n) is 12.7. The van der Waals surface area contributed by atoms with Gasteiger partial charge in [0.2, 0.25) is 0 Å². The molecular weight excluding hydrogens is 717 g/mol. The first kappa shape index (κ1) is 38.7. The molecule has 3 heterocycles.